The van der Waals surface area contributed by atoms with Crippen molar-refractivity contribution < 1.29 is 9.53 Å². The molecule has 2 heterocycles. The zero-order valence-electron chi connectivity index (χ0n) is 16.1. The second kappa shape index (κ2) is 9.38. The van der Waals surface area contributed by atoms with Crippen LogP contribution in [0, 0.1) is 0 Å². The smallest absolute Gasteiger partial charge is 0.255 e. The lowest BCUT2D eigenvalue weighted by Gasteiger charge is -2.12. The minimum atomic E-state index is -0.0503. The van der Waals surface area contributed by atoms with Crippen LogP contribution >= 0.6 is 11.6 Å². The summed E-state index contributed by atoms with van der Waals surface area (Å²) in [5.41, 5.74) is 3.41. The number of halogens is 1. The highest BCUT2D eigenvalue weighted by Crippen LogP contribution is 2.24. The van der Waals surface area contributed by atoms with Crippen LogP contribution in [0.25, 0.3) is 5.69 Å². The molecule has 1 fully saturated rings. The molecule has 0 saturated carbocycles. The Hall–Kier alpha value is -1.85. The van der Waals surface area contributed by atoms with Gasteiger partial charge in [0.25, 0.3) is 5.91 Å². The lowest BCUT2D eigenvalue weighted by Crippen LogP contribution is -2.32. The van der Waals surface area contributed by atoms with Crippen LogP contribution in [0.1, 0.15) is 61.3 Å². The number of aromatic nitrogens is 2. The maximum Gasteiger partial charge on any atom is 0.255 e. The third-order valence-electron chi connectivity index (χ3n) is 4.82. The monoisotopic (exact) mass is 389 g/mol. The van der Waals surface area contributed by atoms with E-state index >= 15 is 0 Å². The maximum atomic E-state index is 13.1. The van der Waals surface area contributed by atoms with Crippen molar-refractivity contribution in [1.29, 1.82) is 0 Å². The van der Waals surface area contributed by atoms with Crippen molar-refractivity contribution >= 4 is 17.5 Å². The summed E-state index contributed by atoms with van der Waals surface area (Å²) in [5.74, 6) is -0.0503. The molecule has 1 aliphatic rings. The zero-order chi connectivity index (χ0) is 19.2. The standard InChI is InChI=1S/C21H28ClN3O2/c1-3-7-18-20(21(26)23-14-17-11-6-12-27-17)19(8-4-2)25(24-18)16-10-5-9-15(22)13-16/h5,9-10,13,17H,3-4,6-8,11-12,14H2,1-2H3,(H,23,26). The maximum absolute atomic E-state index is 13.1. The van der Waals surface area contributed by atoms with E-state index in [9.17, 15) is 4.79 Å². The van der Waals surface area contributed by atoms with Gasteiger partial charge in [-0.2, -0.15) is 5.10 Å². The van der Waals surface area contributed by atoms with Gasteiger partial charge in [0.05, 0.1) is 28.7 Å². The Balaban J connectivity index is 1.95. The molecule has 1 aromatic heterocycles. The Labute approximate surface area is 166 Å². The first-order valence-corrected chi connectivity index (χ1v) is 10.3. The van der Waals surface area contributed by atoms with E-state index < -0.39 is 0 Å². The van der Waals surface area contributed by atoms with Crippen LogP contribution in [0.4, 0.5) is 0 Å². The van der Waals surface area contributed by atoms with Crippen molar-refractivity contribution in [2.75, 3.05) is 13.2 Å². The summed E-state index contributed by atoms with van der Waals surface area (Å²) in [7, 11) is 0. The van der Waals surface area contributed by atoms with Gasteiger partial charge in [0.15, 0.2) is 0 Å². The Bertz CT molecular complexity index is 782. The number of nitrogens with zero attached hydrogens (tertiary/aromatic N) is 2. The summed E-state index contributed by atoms with van der Waals surface area (Å²) in [6.45, 7) is 5.56. The number of amides is 1. The second-order valence-corrected chi connectivity index (χ2v) is 7.44. The van der Waals surface area contributed by atoms with Gasteiger partial charge < -0.3 is 10.1 Å². The molecule has 146 valence electrons. The molecule has 2 aromatic rings. The number of rotatable bonds is 8. The topological polar surface area (TPSA) is 56.2 Å². The molecule has 1 N–H and O–H groups in total. The molecule has 0 aliphatic carbocycles. The summed E-state index contributed by atoms with van der Waals surface area (Å²) in [6, 6.07) is 7.61. The lowest BCUT2D eigenvalue weighted by molar-refractivity contribution is 0.0856. The predicted octanol–water partition coefficient (Wildman–Crippen LogP) is 4.34. The molecular formula is C21H28ClN3O2. The average molecular weight is 390 g/mol. The normalized spacial score (nSPS) is 16.6. The Kier molecular flexibility index (Phi) is 6.91. The van der Waals surface area contributed by atoms with Crippen LogP contribution in [0.5, 0.6) is 0 Å². The number of aryl methyl sites for hydroxylation is 1. The van der Waals surface area contributed by atoms with Gasteiger partial charge in [0.2, 0.25) is 0 Å². The summed E-state index contributed by atoms with van der Waals surface area (Å²) < 4.78 is 7.52. The van der Waals surface area contributed by atoms with Crippen molar-refractivity contribution in [3.63, 3.8) is 0 Å². The lowest BCUT2D eigenvalue weighted by atomic mass is 10.1. The first-order valence-electron chi connectivity index (χ1n) is 9.90. The van der Waals surface area contributed by atoms with E-state index in [2.05, 4.69) is 19.2 Å². The van der Waals surface area contributed by atoms with Crippen molar-refractivity contribution in [2.24, 2.45) is 0 Å². The molecule has 1 aromatic carbocycles. The van der Waals surface area contributed by atoms with Crippen LogP contribution in [-0.2, 0) is 17.6 Å². The average Bonchev–Trinajstić information content (AvgIpc) is 3.29. The minimum Gasteiger partial charge on any atom is -0.376 e. The van der Waals surface area contributed by atoms with E-state index in [4.69, 9.17) is 21.4 Å². The number of benzene rings is 1. The van der Waals surface area contributed by atoms with Crippen molar-refractivity contribution in [2.45, 2.75) is 58.5 Å². The number of carbonyl (C=O) groups is 1. The molecule has 3 rings (SSSR count). The van der Waals surface area contributed by atoms with Crippen LogP contribution in [0.2, 0.25) is 5.02 Å². The summed E-state index contributed by atoms with van der Waals surface area (Å²) >= 11 is 6.18. The molecule has 27 heavy (non-hydrogen) atoms. The summed E-state index contributed by atoms with van der Waals surface area (Å²) in [4.78, 5) is 13.1. The van der Waals surface area contributed by atoms with E-state index in [1.807, 2.05) is 28.9 Å². The second-order valence-electron chi connectivity index (χ2n) is 7.01. The highest BCUT2D eigenvalue weighted by molar-refractivity contribution is 6.30. The van der Waals surface area contributed by atoms with Crippen molar-refractivity contribution in [3.8, 4) is 5.69 Å². The number of ether oxygens (including phenoxy) is 1. The van der Waals surface area contributed by atoms with Gasteiger partial charge in [0.1, 0.15) is 0 Å². The molecule has 1 saturated heterocycles. The van der Waals surface area contributed by atoms with Crippen molar-refractivity contribution in [1.82, 2.24) is 15.1 Å². The zero-order valence-corrected chi connectivity index (χ0v) is 16.9. The molecule has 0 spiro atoms. The van der Waals surface area contributed by atoms with Gasteiger partial charge in [-0.15, -0.1) is 0 Å². The fourth-order valence-electron chi connectivity index (χ4n) is 3.57. The minimum absolute atomic E-state index is 0.0503. The van der Waals surface area contributed by atoms with Gasteiger partial charge in [-0.1, -0.05) is 44.4 Å². The third kappa shape index (κ3) is 4.71. The van der Waals surface area contributed by atoms with Gasteiger partial charge in [-0.25, -0.2) is 4.68 Å². The molecule has 1 atom stereocenters. The number of nitrogens with one attached hydrogen (secondary N) is 1. The molecule has 1 aliphatic heterocycles. The van der Waals surface area contributed by atoms with E-state index in [-0.39, 0.29) is 12.0 Å². The number of carbonyl (C=O) groups excluding carboxylic acids is 1. The molecule has 1 unspecified atom stereocenters. The first-order chi connectivity index (χ1) is 13.1. The highest BCUT2D eigenvalue weighted by atomic mass is 35.5. The molecule has 0 radical (unpaired) electrons. The molecule has 5 nitrogen and oxygen atoms in total. The Morgan fingerprint density at radius 1 is 1.33 bits per heavy atom. The van der Waals surface area contributed by atoms with Gasteiger partial charge in [-0.3, -0.25) is 4.79 Å². The fraction of sp³-hybridized carbons (Fsp3) is 0.524. The fourth-order valence-corrected chi connectivity index (χ4v) is 3.75. The van der Waals surface area contributed by atoms with Gasteiger partial charge >= 0.3 is 0 Å². The van der Waals surface area contributed by atoms with E-state index in [1.165, 1.54) is 0 Å². The van der Waals surface area contributed by atoms with E-state index in [0.29, 0.717) is 11.6 Å². The Morgan fingerprint density at radius 3 is 2.81 bits per heavy atom. The predicted molar refractivity (Wildman–Crippen MR) is 108 cm³/mol. The number of hydrogen-bond acceptors (Lipinski definition) is 3. The van der Waals surface area contributed by atoms with E-state index in [1.54, 1.807) is 0 Å². The highest BCUT2D eigenvalue weighted by Gasteiger charge is 2.25. The van der Waals surface area contributed by atoms with Crippen molar-refractivity contribution in [3.05, 3.63) is 46.2 Å². The largest absolute Gasteiger partial charge is 0.376 e. The SMILES string of the molecule is CCCc1nn(-c2cccc(Cl)c2)c(CCC)c1C(=O)NCC1CCCO1. The van der Waals surface area contributed by atoms with E-state index in [0.717, 1.165) is 67.8 Å². The Morgan fingerprint density at radius 2 is 2.15 bits per heavy atom. The third-order valence-corrected chi connectivity index (χ3v) is 5.06. The summed E-state index contributed by atoms with van der Waals surface area (Å²) in [6.07, 6.45) is 5.62. The number of hydrogen-bond donors (Lipinski definition) is 1. The quantitative estimate of drug-likeness (QED) is 0.730. The van der Waals surface area contributed by atoms with Gasteiger partial charge in [-0.05, 0) is 43.9 Å². The molecule has 0 bridgehead atoms. The summed E-state index contributed by atoms with van der Waals surface area (Å²) in [5, 5.41) is 8.53. The van der Waals surface area contributed by atoms with Crippen LogP contribution in [0.15, 0.2) is 24.3 Å². The van der Waals surface area contributed by atoms with Crippen LogP contribution < -0.4 is 5.32 Å². The molecule has 1 amide bonds. The van der Waals surface area contributed by atoms with Crippen LogP contribution in [-0.4, -0.2) is 34.9 Å². The molecular weight excluding hydrogens is 362 g/mol. The van der Waals surface area contributed by atoms with Gasteiger partial charge in [0, 0.05) is 18.2 Å². The first kappa shape index (κ1) is 19.9. The van der Waals surface area contributed by atoms with Crippen LogP contribution in [0.3, 0.4) is 0 Å². The molecule has 6 heteroatoms.